The maximum atomic E-state index is 13.3. The molecule has 1 aromatic heterocycles. The first-order chi connectivity index (χ1) is 18.1. The van der Waals surface area contributed by atoms with Crippen molar-refractivity contribution >= 4 is 76.5 Å². The van der Waals surface area contributed by atoms with Crippen LogP contribution in [-0.2, 0) is 21.4 Å². The minimum absolute atomic E-state index is 0.0492. The summed E-state index contributed by atoms with van der Waals surface area (Å²) in [5.41, 5.74) is 1.74. The van der Waals surface area contributed by atoms with Crippen molar-refractivity contribution in [1.82, 2.24) is 18.8 Å². The zero-order chi connectivity index (χ0) is 27.1. The van der Waals surface area contributed by atoms with Gasteiger partial charge in [0, 0.05) is 51.2 Å². The molecule has 0 saturated carbocycles. The molecule has 0 unspecified atom stereocenters. The monoisotopic (exact) mass is 606 g/mol. The third kappa shape index (κ3) is 5.17. The Balaban J connectivity index is 1.37. The largest absolute Gasteiger partial charge is 0.477 e. The number of nitrogens with zero attached hydrogens (tertiary/aromatic N) is 4. The lowest BCUT2D eigenvalue weighted by atomic mass is 10.1. The summed E-state index contributed by atoms with van der Waals surface area (Å²) in [6.45, 7) is 1.37. The lowest BCUT2D eigenvalue weighted by Gasteiger charge is -2.52. The Morgan fingerprint density at radius 1 is 1.18 bits per heavy atom. The third-order valence-corrected chi connectivity index (χ3v) is 10.3. The Labute approximate surface area is 241 Å². The van der Waals surface area contributed by atoms with Crippen LogP contribution < -0.4 is 0 Å². The number of aliphatic carboxylic acids is 1. The molecule has 3 aromatic rings. The number of halogens is 2. The Morgan fingerprint density at radius 3 is 2.53 bits per heavy atom. The van der Waals surface area contributed by atoms with E-state index in [9.17, 15) is 19.5 Å². The molecule has 3 heterocycles. The number of aromatic nitrogens is 2. The molecule has 0 radical (unpaired) electrons. The first-order valence-corrected chi connectivity index (χ1v) is 14.6. The van der Waals surface area contributed by atoms with Gasteiger partial charge in [-0.05, 0) is 42.3 Å². The molecular weight excluding hydrogens is 587 g/mol. The second kappa shape index (κ2) is 10.9. The minimum atomic E-state index is -1.18. The van der Waals surface area contributed by atoms with Crippen LogP contribution in [0.5, 0.6) is 0 Å². The van der Waals surface area contributed by atoms with Gasteiger partial charge in [-0.3, -0.25) is 18.8 Å². The Kier molecular flexibility index (Phi) is 7.74. The number of hydrogen-bond acceptors (Lipinski definition) is 7. The fourth-order valence-electron chi connectivity index (χ4n) is 4.10. The molecule has 8 nitrogen and oxygen atoms in total. The van der Waals surface area contributed by atoms with Gasteiger partial charge in [-0.2, -0.15) is 0 Å². The van der Waals surface area contributed by atoms with Crippen LogP contribution in [0.4, 0.5) is 0 Å². The van der Waals surface area contributed by atoms with Crippen molar-refractivity contribution in [3.8, 4) is 11.3 Å². The second-order valence-electron chi connectivity index (χ2n) is 8.49. The number of carbonyl (C=O) groups is 3. The van der Waals surface area contributed by atoms with Gasteiger partial charge in [0.05, 0.1) is 17.0 Å². The van der Waals surface area contributed by atoms with Crippen molar-refractivity contribution in [3.05, 3.63) is 75.6 Å². The number of imidazole rings is 1. The van der Waals surface area contributed by atoms with Gasteiger partial charge in [0.25, 0.3) is 5.91 Å². The van der Waals surface area contributed by atoms with Gasteiger partial charge in [0.2, 0.25) is 5.91 Å². The Bertz CT molecular complexity index is 1480. The number of rotatable bonds is 7. The summed E-state index contributed by atoms with van der Waals surface area (Å²) in [4.78, 5) is 45.8. The fraction of sp³-hybridized carbons (Fsp3) is 0.200. The van der Waals surface area contributed by atoms with Gasteiger partial charge < -0.3 is 9.67 Å². The van der Waals surface area contributed by atoms with Crippen molar-refractivity contribution in [2.24, 2.45) is 7.05 Å². The minimum Gasteiger partial charge on any atom is -0.477 e. The van der Waals surface area contributed by atoms with Crippen molar-refractivity contribution in [1.29, 1.82) is 0 Å². The normalized spacial score (nSPS) is 18.7. The van der Waals surface area contributed by atoms with Gasteiger partial charge >= 0.3 is 5.97 Å². The summed E-state index contributed by atoms with van der Waals surface area (Å²) >= 11 is 16.1. The predicted molar refractivity (Wildman–Crippen MR) is 151 cm³/mol. The van der Waals surface area contributed by atoms with Crippen LogP contribution in [0, 0.1) is 0 Å². The highest BCUT2D eigenvalue weighted by molar-refractivity contribution is 8.06. The standard InChI is InChI=1S/C25H20Cl2N4O4S3/c1-13(32)31(38-19-8-5-15(26)9-17(19)27)22-23(33)30-21(25(34)35)20(11-36-24(22)30)37-16-6-3-14(4-7-16)18-10-29(2)12-28-18/h3-10,12,22,24H,11H2,1-2H3,(H,34,35)/t22-,24+/m1/s1. The van der Waals surface area contributed by atoms with Crippen LogP contribution in [-0.4, -0.2) is 58.8 Å². The first-order valence-electron chi connectivity index (χ1n) is 11.2. The summed E-state index contributed by atoms with van der Waals surface area (Å²) in [5, 5.41) is 10.3. The molecule has 13 heteroatoms. The van der Waals surface area contributed by atoms with Crippen LogP contribution in [0.3, 0.4) is 0 Å². The topological polar surface area (TPSA) is 95.7 Å². The van der Waals surface area contributed by atoms with Crippen LogP contribution in [0.2, 0.25) is 10.0 Å². The highest BCUT2D eigenvalue weighted by Crippen LogP contribution is 2.48. The first kappa shape index (κ1) is 27.0. The molecule has 1 N–H and O–H groups in total. The van der Waals surface area contributed by atoms with E-state index in [-0.39, 0.29) is 11.6 Å². The maximum Gasteiger partial charge on any atom is 0.353 e. The van der Waals surface area contributed by atoms with E-state index in [1.165, 1.54) is 39.7 Å². The number of hydrogen-bond donors (Lipinski definition) is 1. The lowest BCUT2D eigenvalue weighted by molar-refractivity contribution is -0.154. The van der Waals surface area contributed by atoms with Crippen LogP contribution in [0.25, 0.3) is 11.3 Å². The summed E-state index contributed by atoms with van der Waals surface area (Å²) in [5.74, 6) is -1.58. The SMILES string of the molecule is CC(=O)N(Sc1ccc(Cl)cc1Cl)[C@@H]1C(=O)N2C(C(=O)O)=C(Sc3ccc(-c4cn(C)cn4)cc3)CS[C@@H]12. The zero-order valence-electron chi connectivity index (χ0n) is 20.0. The molecule has 0 aliphatic carbocycles. The second-order valence-corrected chi connectivity index (χ2v) is 12.6. The van der Waals surface area contributed by atoms with Crippen LogP contribution >= 0.6 is 58.7 Å². The molecular formula is C25H20Cl2N4O4S3. The molecule has 0 bridgehead atoms. The zero-order valence-corrected chi connectivity index (χ0v) is 24.0. The van der Waals surface area contributed by atoms with E-state index >= 15 is 0 Å². The highest BCUT2D eigenvalue weighted by atomic mass is 35.5. The number of thioether (sulfide) groups is 2. The van der Waals surface area contributed by atoms with E-state index in [1.54, 1.807) is 24.5 Å². The van der Waals surface area contributed by atoms with Gasteiger partial charge in [0.15, 0.2) is 6.04 Å². The number of benzene rings is 2. The molecule has 196 valence electrons. The van der Waals surface area contributed by atoms with Crippen LogP contribution in [0.1, 0.15) is 6.92 Å². The molecule has 38 heavy (non-hydrogen) atoms. The Morgan fingerprint density at radius 2 is 1.92 bits per heavy atom. The van der Waals surface area contributed by atoms with E-state index in [0.29, 0.717) is 25.6 Å². The van der Waals surface area contributed by atoms with Gasteiger partial charge in [-0.1, -0.05) is 47.1 Å². The predicted octanol–water partition coefficient (Wildman–Crippen LogP) is 5.62. The third-order valence-electron chi connectivity index (χ3n) is 5.86. The smallest absolute Gasteiger partial charge is 0.353 e. The summed E-state index contributed by atoms with van der Waals surface area (Å²) in [6.07, 6.45) is 3.64. The van der Waals surface area contributed by atoms with Gasteiger partial charge in [-0.15, -0.1) is 11.8 Å². The average molecular weight is 608 g/mol. The van der Waals surface area contributed by atoms with E-state index in [1.807, 2.05) is 42.1 Å². The summed E-state index contributed by atoms with van der Waals surface area (Å²) < 4.78 is 3.23. The molecule has 2 aliphatic rings. The maximum absolute atomic E-state index is 13.3. The van der Waals surface area contributed by atoms with E-state index < -0.39 is 23.3 Å². The molecule has 2 aromatic carbocycles. The van der Waals surface area contributed by atoms with Crippen molar-refractivity contribution in [2.75, 3.05) is 5.75 Å². The van der Waals surface area contributed by atoms with E-state index in [0.717, 1.165) is 28.1 Å². The Hall–Kier alpha value is -2.57. The molecule has 5 rings (SSSR count). The summed E-state index contributed by atoms with van der Waals surface area (Å²) in [6, 6.07) is 11.7. The number of fused-ring (bicyclic) bond motifs is 1. The number of carboxylic acid groups (broad SMARTS) is 1. The van der Waals surface area contributed by atoms with Gasteiger partial charge in [0.1, 0.15) is 11.1 Å². The molecule has 1 saturated heterocycles. The highest BCUT2D eigenvalue weighted by Gasteiger charge is 2.57. The number of carbonyl (C=O) groups excluding carboxylic acids is 2. The van der Waals surface area contributed by atoms with E-state index in [2.05, 4.69) is 4.98 Å². The summed E-state index contributed by atoms with van der Waals surface area (Å²) in [7, 11) is 1.90. The van der Waals surface area contributed by atoms with Crippen molar-refractivity contribution in [2.45, 2.75) is 28.1 Å². The lowest BCUT2D eigenvalue weighted by Crippen LogP contribution is -2.69. The molecule has 0 spiro atoms. The molecule has 2 atom stereocenters. The van der Waals surface area contributed by atoms with E-state index in [4.69, 9.17) is 23.2 Å². The molecule has 2 aliphatic heterocycles. The quantitative estimate of drug-likeness (QED) is 0.273. The van der Waals surface area contributed by atoms with Crippen LogP contribution in [0.15, 0.2) is 75.4 Å². The number of aryl methyl sites for hydroxylation is 1. The number of amides is 2. The number of carboxylic acids is 1. The molecule has 2 amide bonds. The number of β-lactam (4-membered cyclic amide) rings is 1. The average Bonchev–Trinajstić information content (AvgIpc) is 3.31. The fourth-order valence-corrected chi connectivity index (χ4v) is 8.14. The molecule has 1 fully saturated rings. The van der Waals surface area contributed by atoms with Gasteiger partial charge in [-0.25, -0.2) is 9.78 Å². The van der Waals surface area contributed by atoms with Crippen molar-refractivity contribution in [3.63, 3.8) is 0 Å². The van der Waals surface area contributed by atoms with Crippen molar-refractivity contribution < 1.29 is 19.5 Å².